The third-order valence-corrected chi connectivity index (χ3v) is 5.69. The highest BCUT2D eigenvalue weighted by molar-refractivity contribution is 7.89. The van der Waals surface area contributed by atoms with Gasteiger partial charge in [0.1, 0.15) is 0 Å². The molecule has 6 heteroatoms. The molecule has 0 aliphatic carbocycles. The lowest BCUT2D eigenvalue weighted by atomic mass is 10.1. The molecule has 0 bridgehead atoms. The zero-order chi connectivity index (χ0) is 14.8. The van der Waals surface area contributed by atoms with Gasteiger partial charge >= 0.3 is 0 Å². The number of piperazine rings is 1. The van der Waals surface area contributed by atoms with Gasteiger partial charge in [-0.2, -0.15) is 4.31 Å². The molecule has 1 unspecified atom stereocenters. The average Bonchev–Trinajstić information content (AvgIpc) is 2.41. The van der Waals surface area contributed by atoms with Crippen molar-refractivity contribution < 1.29 is 13.5 Å². The molecule has 1 aromatic rings. The maximum absolute atomic E-state index is 12.6. The standard InChI is InChI=1S/C14H22N2O3S/c1-12-4-3-5-14(10-12)20(18,19)16-8-7-15(2)13(11-16)6-9-17/h3-5,10,13,17H,6-9,11H2,1-2H3. The number of nitrogens with zero attached hydrogens (tertiary/aromatic N) is 2. The van der Waals surface area contributed by atoms with E-state index < -0.39 is 10.0 Å². The van der Waals surface area contributed by atoms with Crippen LogP contribution < -0.4 is 0 Å². The van der Waals surface area contributed by atoms with Gasteiger partial charge in [-0.15, -0.1) is 0 Å². The van der Waals surface area contributed by atoms with E-state index in [1.165, 1.54) is 4.31 Å². The highest BCUT2D eigenvalue weighted by Gasteiger charge is 2.32. The van der Waals surface area contributed by atoms with E-state index in [1.54, 1.807) is 18.2 Å². The van der Waals surface area contributed by atoms with E-state index in [-0.39, 0.29) is 12.6 Å². The number of aliphatic hydroxyl groups is 1. The molecule has 1 heterocycles. The van der Waals surface area contributed by atoms with E-state index in [0.29, 0.717) is 31.0 Å². The Hall–Kier alpha value is -0.950. The van der Waals surface area contributed by atoms with Crippen LogP contribution in [0.1, 0.15) is 12.0 Å². The lowest BCUT2D eigenvalue weighted by Gasteiger charge is -2.38. The van der Waals surface area contributed by atoms with Crippen molar-refractivity contribution in [3.8, 4) is 0 Å². The minimum atomic E-state index is -3.43. The van der Waals surface area contributed by atoms with Crippen LogP contribution in [0.5, 0.6) is 0 Å². The highest BCUT2D eigenvalue weighted by Crippen LogP contribution is 2.21. The van der Waals surface area contributed by atoms with E-state index in [0.717, 1.165) is 5.56 Å². The van der Waals surface area contributed by atoms with Crippen molar-refractivity contribution in [2.75, 3.05) is 33.3 Å². The molecule has 1 fully saturated rings. The van der Waals surface area contributed by atoms with Gasteiger partial charge in [-0.3, -0.25) is 0 Å². The SMILES string of the molecule is Cc1cccc(S(=O)(=O)N2CCN(C)C(CCO)C2)c1. The molecule has 0 spiro atoms. The molecule has 1 aromatic carbocycles. The van der Waals surface area contributed by atoms with Crippen LogP contribution in [0.25, 0.3) is 0 Å². The molecule has 0 radical (unpaired) electrons. The topological polar surface area (TPSA) is 60.9 Å². The summed E-state index contributed by atoms with van der Waals surface area (Å²) in [5.41, 5.74) is 0.937. The number of hydrogen-bond acceptors (Lipinski definition) is 4. The Labute approximate surface area is 120 Å². The summed E-state index contributed by atoms with van der Waals surface area (Å²) in [5.74, 6) is 0. The summed E-state index contributed by atoms with van der Waals surface area (Å²) in [7, 11) is -1.46. The molecule has 2 rings (SSSR count). The van der Waals surface area contributed by atoms with Gasteiger partial charge in [-0.05, 0) is 38.1 Å². The molecule has 1 saturated heterocycles. The molecular formula is C14H22N2O3S. The fraction of sp³-hybridized carbons (Fsp3) is 0.571. The first-order chi connectivity index (χ1) is 9.45. The predicted molar refractivity (Wildman–Crippen MR) is 78.1 cm³/mol. The number of likely N-dealkylation sites (N-methyl/N-ethyl adjacent to an activating group) is 1. The molecule has 5 nitrogen and oxygen atoms in total. The Morgan fingerprint density at radius 2 is 2.10 bits per heavy atom. The van der Waals surface area contributed by atoms with Crippen molar-refractivity contribution >= 4 is 10.0 Å². The summed E-state index contributed by atoms with van der Waals surface area (Å²) in [6.45, 7) is 3.59. The lowest BCUT2D eigenvalue weighted by Crippen LogP contribution is -2.53. The van der Waals surface area contributed by atoms with Crippen LogP contribution in [0.3, 0.4) is 0 Å². The van der Waals surface area contributed by atoms with Crippen LogP contribution in [0, 0.1) is 6.92 Å². The van der Waals surface area contributed by atoms with Crippen molar-refractivity contribution in [2.24, 2.45) is 0 Å². The molecule has 112 valence electrons. The summed E-state index contributed by atoms with van der Waals surface area (Å²) >= 11 is 0. The maximum Gasteiger partial charge on any atom is 0.243 e. The van der Waals surface area contributed by atoms with E-state index in [2.05, 4.69) is 4.90 Å². The van der Waals surface area contributed by atoms with Crippen molar-refractivity contribution in [2.45, 2.75) is 24.3 Å². The predicted octanol–water partition coefficient (Wildman–Crippen LogP) is 0.682. The van der Waals surface area contributed by atoms with Crippen LogP contribution in [-0.2, 0) is 10.0 Å². The lowest BCUT2D eigenvalue weighted by molar-refractivity contribution is 0.120. The Balaban J connectivity index is 2.22. The second-order valence-corrected chi connectivity index (χ2v) is 7.26. The Morgan fingerprint density at radius 1 is 1.35 bits per heavy atom. The van der Waals surface area contributed by atoms with Gasteiger partial charge in [0.05, 0.1) is 4.90 Å². The molecule has 1 N–H and O–H groups in total. The number of aliphatic hydroxyl groups excluding tert-OH is 1. The smallest absolute Gasteiger partial charge is 0.243 e. The zero-order valence-corrected chi connectivity index (χ0v) is 12.8. The summed E-state index contributed by atoms with van der Waals surface area (Å²) in [6, 6.07) is 7.07. The summed E-state index contributed by atoms with van der Waals surface area (Å²) < 4.78 is 26.8. The molecule has 0 saturated carbocycles. The molecule has 1 aliphatic heterocycles. The zero-order valence-electron chi connectivity index (χ0n) is 12.0. The summed E-state index contributed by atoms with van der Waals surface area (Å²) in [5, 5.41) is 9.08. The third kappa shape index (κ3) is 3.20. The Bertz CT molecular complexity index is 559. The largest absolute Gasteiger partial charge is 0.396 e. The van der Waals surface area contributed by atoms with Crippen molar-refractivity contribution in [1.82, 2.24) is 9.21 Å². The fourth-order valence-electron chi connectivity index (χ4n) is 2.52. The number of rotatable bonds is 4. The van der Waals surface area contributed by atoms with E-state index in [4.69, 9.17) is 5.11 Å². The van der Waals surface area contributed by atoms with Gasteiger partial charge in [-0.1, -0.05) is 12.1 Å². The second-order valence-electron chi connectivity index (χ2n) is 5.33. The first-order valence-electron chi connectivity index (χ1n) is 6.83. The fourth-order valence-corrected chi connectivity index (χ4v) is 4.10. The summed E-state index contributed by atoms with van der Waals surface area (Å²) in [6.07, 6.45) is 0.594. The molecule has 1 aliphatic rings. The van der Waals surface area contributed by atoms with Gasteiger partial charge in [0.15, 0.2) is 0 Å². The van der Waals surface area contributed by atoms with Gasteiger partial charge in [0.2, 0.25) is 10.0 Å². The van der Waals surface area contributed by atoms with E-state index >= 15 is 0 Å². The second kappa shape index (κ2) is 6.22. The maximum atomic E-state index is 12.6. The van der Waals surface area contributed by atoms with Crippen molar-refractivity contribution in [3.05, 3.63) is 29.8 Å². The van der Waals surface area contributed by atoms with E-state index in [1.807, 2.05) is 20.0 Å². The van der Waals surface area contributed by atoms with Crippen LogP contribution in [0.2, 0.25) is 0 Å². The van der Waals surface area contributed by atoms with Crippen LogP contribution in [-0.4, -0.2) is 62.1 Å². The quantitative estimate of drug-likeness (QED) is 0.888. The van der Waals surface area contributed by atoms with Gasteiger partial charge in [0.25, 0.3) is 0 Å². The minimum absolute atomic E-state index is 0.0767. The van der Waals surface area contributed by atoms with Gasteiger partial charge in [-0.25, -0.2) is 8.42 Å². The molecule has 1 atom stereocenters. The third-order valence-electron chi connectivity index (χ3n) is 3.83. The number of aryl methyl sites for hydroxylation is 1. The molecule has 0 amide bonds. The van der Waals surface area contributed by atoms with Crippen molar-refractivity contribution in [3.63, 3.8) is 0 Å². The van der Waals surface area contributed by atoms with Gasteiger partial charge < -0.3 is 10.0 Å². The number of hydrogen-bond donors (Lipinski definition) is 1. The molecular weight excluding hydrogens is 276 g/mol. The first-order valence-corrected chi connectivity index (χ1v) is 8.27. The van der Waals surface area contributed by atoms with Crippen LogP contribution in [0.15, 0.2) is 29.2 Å². The highest BCUT2D eigenvalue weighted by atomic mass is 32.2. The molecule has 20 heavy (non-hydrogen) atoms. The summed E-state index contributed by atoms with van der Waals surface area (Å²) in [4.78, 5) is 2.46. The number of sulfonamides is 1. The van der Waals surface area contributed by atoms with Gasteiger partial charge in [0, 0.05) is 32.3 Å². The average molecular weight is 298 g/mol. The Kier molecular flexibility index (Phi) is 4.80. The Morgan fingerprint density at radius 3 is 2.75 bits per heavy atom. The van der Waals surface area contributed by atoms with Crippen LogP contribution in [0.4, 0.5) is 0 Å². The molecule has 0 aromatic heterocycles. The monoisotopic (exact) mass is 298 g/mol. The number of benzene rings is 1. The first kappa shape index (κ1) is 15.4. The minimum Gasteiger partial charge on any atom is -0.396 e. The van der Waals surface area contributed by atoms with Crippen molar-refractivity contribution in [1.29, 1.82) is 0 Å². The van der Waals surface area contributed by atoms with Crippen LogP contribution >= 0.6 is 0 Å². The normalized spacial score (nSPS) is 22.1. The van der Waals surface area contributed by atoms with E-state index in [9.17, 15) is 8.42 Å².